The van der Waals surface area contributed by atoms with E-state index >= 15 is 0 Å². The first-order valence-corrected chi connectivity index (χ1v) is 8.38. The van der Waals surface area contributed by atoms with Gasteiger partial charge in [-0.3, -0.25) is 5.10 Å². The van der Waals surface area contributed by atoms with Crippen LogP contribution in [0.3, 0.4) is 0 Å². The molecule has 0 bridgehead atoms. The molecule has 0 aliphatic carbocycles. The van der Waals surface area contributed by atoms with Crippen LogP contribution in [0.15, 0.2) is 36.5 Å². The highest BCUT2D eigenvalue weighted by Crippen LogP contribution is 2.32. The molecule has 1 saturated heterocycles. The number of fused-ring (bicyclic) bond motifs is 1. The first-order chi connectivity index (χ1) is 11.5. The Morgan fingerprint density at radius 3 is 2.67 bits per heavy atom. The van der Waals surface area contributed by atoms with E-state index in [2.05, 4.69) is 53.0 Å². The van der Waals surface area contributed by atoms with E-state index in [4.69, 9.17) is 4.74 Å². The van der Waals surface area contributed by atoms with E-state index in [1.54, 1.807) is 0 Å². The average molecular weight is 322 g/mol. The van der Waals surface area contributed by atoms with Gasteiger partial charge in [0.1, 0.15) is 22.9 Å². The Morgan fingerprint density at radius 1 is 1.12 bits per heavy atom. The largest absolute Gasteiger partial charge is 0.488 e. The lowest BCUT2D eigenvalue weighted by molar-refractivity contribution is 0.131. The maximum atomic E-state index is 6.00. The highest BCUT2D eigenvalue weighted by molar-refractivity contribution is 5.94. The summed E-state index contributed by atoms with van der Waals surface area (Å²) in [5, 5.41) is 8.70. The van der Waals surface area contributed by atoms with E-state index in [9.17, 15) is 0 Å². The number of nitrogens with one attached hydrogen (secondary N) is 1. The first-order valence-electron chi connectivity index (χ1n) is 8.38. The number of benzene rings is 1. The number of hydrogen-bond acceptors (Lipinski definition) is 4. The van der Waals surface area contributed by atoms with Crippen molar-refractivity contribution in [2.75, 3.05) is 18.0 Å². The number of rotatable bonds is 3. The van der Waals surface area contributed by atoms with Gasteiger partial charge in [-0.25, -0.2) is 4.98 Å². The van der Waals surface area contributed by atoms with Crippen molar-refractivity contribution < 1.29 is 4.74 Å². The van der Waals surface area contributed by atoms with E-state index in [1.807, 2.05) is 24.4 Å². The van der Waals surface area contributed by atoms with E-state index in [1.165, 1.54) is 6.42 Å². The third kappa shape index (κ3) is 2.82. The molecule has 0 radical (unpaired) electrons. The summed E-state index contributed by atoms with van der Waals surface area (Å²) in [6.45, 7) is 8.32. The van der Waals surface area contributed by atoms with Crippen LogP contribution in [0, 0.1) is 0 Å². The minimum Gasteiger partial charge on any atom is -0.488 e. The third-order valence-corrected chi connectivity index (χ3v) is 4.16. The zero-order valence-corrected chi connectivity index (χ0v) is 14.3. The summed E-state index contributed by atoms with van der Waals surface area (Å²) < 4.78 is 6.00. The van der Waals surface area contributed by atoms with Gasteiger partial charge in [-0.15, -0.1) is 0 Å². The molecule has 5 nitrogen and oxygen atoms in total. The van der Waals surface area contributed by atoms with Crippen molar-refractivity contribution in [3.05, 3.63) is 36.5 Å². The van der Waals surface area contributed by atoms with Crippen molar-refractivity contribution >= 4 is 16.7 Å². The van der Waals surface area contributed by atoms with Gasteiger partial charge in [0.25, 0.3) is 0 Å². The minimum absolute atomic E-state index is 0.223. The molecule has 24 heavy (non-hydrogen) atoms. The molecule has 1 N–H and O–H groups in total. The van der Waals surface area contributed by atoms with Crippen molar-refractivity contribution in [1.82, 2.24) is 15.2 Å². The number of aromatic amines is 1. The normalized spacial score (nSPS) is 14.7. The molecule has 4 rings (SSSR count). The molecule has 0 spiro atoms. The summed E-state index contributed by atoms with van der Waals surface area (Å²) >= 11 is 0. The molecular weight excluding hydrogens is 300 g/mol. The van der Waals surface area contributed by atoms with Gasteiger partial charge in [0, 0.05) is 30.2 Å². The second-order valence-corrected chi connectivity index (χ2v) is 7.24. The van der Waals surface area contributed by atoms with Gasteiger partial charge in [0.15, 0.2) is 0 Å². The second-order valence-electron chi connectivity index (χ2n) is 7.24. The molecule has 2 aromatic heterocycles. The Morgan fingerprint density at radius 2 is 1.96 bits per heavy atom. The molecule has 5 heteroatoms. The number of H-pyrrole nitrogens is 1. The number of anilines is 1. The predicted molar refractivity (Wildman–Crippen MR) is 96.5 cm³/mol. The molecular formula is C19H22N4O. The molecule has 3 heterocycles. The van der Waals surface area contributed by atoms with E-state index in [0.29, 0.717) is 0 Å². The molecule has 0 amide bonds. The van der Waals surface area contributed by atoms with Gasteiger partial charge < -0.3 is 9.64 Å². The molecule has 0 atom stereocenters. The van der Waals surface area contributed by atoms with Crippen molar-refractivity contribution in [3.8, 4) is 17.0 Å². The first kappa shape index (κ1) is 15.0. The number of hydrogen-bond donors (Lipinski definition) is 1. The zero-order chi connectivity index (χ0) is 16.7. The summed E-state index contributed by atoms with van der Waals surface area (Å²) in [6.07, 6.45) is 3.10. The zero-order valence-electron chi connectivity index (χ0n) is 14.3. The van der Waals surface area contributed by atoms with Crippen LogP contribution in [0.4, 0.5) is 5.82 Å². The van der Waals surface area contributed by atoms with Crippen LogP contribution in [0.5, 0.6) is 5.75 Å². The number of ether oxygens (including phenoxy) is 1. The van der Waals surface area contributed by atoms with Gasteiger partial charge >= 0.3 is 0 Å². The average Bonchev–Trinajstić information content (AvgIpc) is 2.87. The molecule has 124 valence electrons. The van der Waals surface area contributed by atoms with Crippen LogP contribution in [0.2, 0.25) is 0 Å². The Hall–Kier alpha value is -2.56. The molecule has 1 aliphatic rings. The highest BCUT2D eigenvalue weighted by Gasteiger charge is 2.18. The topological polar surface area (TPSA) is 54.0 Å². The summed E-state index contributed by atoms with van der Waals surface area (Å²) in [7, 11) is 0. The van der Waals surface area contributed by atoms with E-state index in [-0.39, 0.29) is 5.60 Å². The molecule has 1 fully saturated rings. The van der Waals surface area contributed by atoms with Crippen LogP contribution in [-0.2, 0) is 0 Å². The standard InChI is InChI=1S/C19H22N4O/c1-19(2,3)24-14-5-6-16-15(12-14)18(22-21-16)13-7-8-20-17(11-13)23-9-4-10-23/h5-8,11-12H,4,9-10H2,1-3H3,(H,21,22). The molecule has 1 aliphatic heterocycles. The fourth-order valence-electron chi connectivity index (χ4n) is 2.91. The molecule has 0 unspecified atom stereocenters. The SMILES string of the molecule is CC(C)(C)Oc1ccc2[nH]nc(-c3ccnc(N4CCC4)c3)c2c1. The van der Waals surface area contributed by atoms with Crippen molar-refractivity contribution in [2.24, 2.45) is 0 Å². The van der Waals surface area contributed by atoms with Crippen LogP contribution >= 0.6 is 0 Å². The Labute approximate surface area is 141 Å². The quantitative estimate of drug-likeness (QED) is 0.791. The number of nitrogens with zero attached hydrogens (tertiary/aromatic N) is 3. The summed E-state index contributed by atoms with van der Waals surface area (Å²) in [5.74, 6) is 1.88. The summed E-state index contributed by atoms with van der Waals surface area (Å²) in [5.41, 5.74) is 2.80. The van der Waals surface area contributed by atoms with E-state index < -0.39 is 0 Å². The lowest BCUT2D eigenvalue weighted by Crippen LogP contribution is -2.37. The lowest BCUT2D eigenvalue weighted by atomic mass is 10.1. The van der Waals surface area contributed by atoms with Crippen LogP contribution in [0.1, 0.15) is 27.2 Å². The van der Waals surface area contributed by atoms with Crippen LogP contribution < -0.4 is 9.64 Å². The van der Waals surface area contributed by atoms with Gasteiger partial charge in [0.2, 0.25) is 0 Å². The van der Waals surface area contributed by atoms with Crippen molar-refractivity contribution in [3.63, 3.8) is 0 Å². The molecule has 0 saturated carbocycles. The monoisotopic (exact) mass is 322 g/mol. The fourth-order valence-corrected chi connectivity index (χ4v) is 2.91. The van der Waals surface area contributed by atoms with Gasteiger partial charge in [-0.1, -0.05) is 0 Å². The van der Waals surface area contributed by atoms with Crippen LogP contribution in [-0.4, -0.2) is 33.9 Å². The van der Waals surface area contributed by atoms with Gasteiger partial charge in [-0.05, 0) is 57.5 Å². The third-order valence-electron chi connectivity index (χ3n) is 4.16. The number of pyridine rings is 1. The second kappa shape index (κ2) is 5.51. The fraction of sp³-hybridized carbons (Fsp3) is 0.368. The Kier molecular flexibility index (Phi) is 3.44. The van der Waals surface area contributed by atoms with Crippen molar-refractivity contribution in [1.29, 1.82) is 0 Å². The molecule has 3 aromatic rings. The predicted octanol–water partition coefficient (Wildman–Crippen LogP) is 4.01. The van der Waals surface area contributed by atoms with Crippen molar-refractivity contribution in [2.45, 2.75) is 32.8 Å². The number of aromatic nitrogens is 3. The Bertz CT molecular complexity index is 874. The Balaban J connectivity index is 1.75. The highest BCUT2D eigenvalue weighted by atomic mass is 16.5. The lowest BCUT2D eigenvalue weighted by Gasteiger charge is -2.32. The van der Waals surface area contributed by atoms with Gasteiger partial charge in [0.05, 0.1) is 5.52 Å². The summed E-state index contributed by atoms with van der Waals surface area (Å²) in [6, 6.07) is 10.2. The molecule has 1 aromatic carbocycles. The minimum atomic E-state index is -0.223. The maximum Gasteiger partial charge on any atom is 0.129 e. The van der Waals surface area contributed by atoms with E-state index in [0.717, 1.165) is 46.8 Å². The summed E-state index contributed by atoms with van der Waals surface area (Å²) in [4.78, 5) is 6.76. The van der Waals surface area contributed by atoms with Crippen LogP contribution in [0.25, 0.3) is 22.2 Å². The maximum absolute atomic E-state index is 6.00. The van der Waals surface area contributed by atoms with Gasteiger partial charge in [-0.2, -0.15) is 5.10 Å². The smallest absolute Gasteiger partial charge is 0.129 e.